The van der Waals surface area contributed by atoms with Crippen LogP contribution in [0.2, 0.25) is 5.02 Å². The van der Waals surface area contributed by atoms with Gasteiger partial charge in [-0.15, -0.1) is 11.6 Å². The normalized spacial score (nSPS) is 10.6. The number of halogens is 2. The molecular weight excluding hydrogens is 299 g/mol. The van der Waals surface area contributed by atoms with E-state index in [1.807, 2.05) is 17.8 Å². The quantitative estimate of drug-likeness (QED) is 0.766. The molecule has 0 aliphatic heterocycles. The Balaban J connectivity index is 2.10. The number of hydrogen-bond acceptors (Lipinski definition) is 3. The van der Waals surface area contributed by atoms with Crippen molar-refractivity contribution in [2.24, 2.45) is 7.05 Å². The summed E-state index contributed by atoms with van der Waals surface area (Å²) in [6.45, 7) is 0.493. The summed E-state index contributed by atoms with van der Waals surface area (Å²) in [5.74, 6) is 2.51. The Morgan fingerprint density at radius 2 is 2.15 bits per heavy atom. The van der Waals surface area contributed by atoms with Gasteiger partial charge in [-0.05, 0) is 6.07 Å². The van der Waals surface area contributed by atoms with Gasteiger partial charge >= 0.3 is 0 Å². The molecule has 0 unspecified atom stereocenters. The van der Waals surface area contributed by atoms with Crippen molar-refractivity contribution >= 4 is 23.2 Å². The van der Waals surface area contributed by atoms with E-state index in [0.717, 1.165) is 11.4 Å². The fourth-order valence-corrected chi connectivity index (χ4v) is 2.35. The maximum atomic E-state index is 6.01. The molecule has 20 heavy (non-hydrogen) atoms. The highest BCUT2D eigenvalue weighted by atomic mass is 35.5. The number of methoxy groups -OCH3 is 1. The van der Waals surface area contributed by atoms with Crippen molar-refractivity contribution in [2.45, 2.75) is 12.3 Å². The van der Waals surface area contributed by atoms with Crippen LogP contribution in [0.4, 0.5) is 0 Å². The molecule has 2 aromatic rings. The molecule has 0 amide bonds. The van der Waals surface area contributed by atoms with Crippen LogP contribution >= 0.6 is 23.2 Å². The average molecular weight is 315 g/mol. The number of aromatic nitrogens is 2. The van der Waals surface area contributed by atoms with Crippen molar-refractivity contribution < 1.29 is 9.47 Å². The van der Waals surface area contributed by atoms with Gasteiger partial charge in [-0.1, -0.05) is 11.6 Å². The number of hydrogen-bond donors (Lipinski definition) is 0. The third kappa shape index (κ3) is 3.38. The zero-order valence-corrected chi connectivity index (χ0v) is 12.9. The van der Waals surface area contributed by atoms with Gasteiger partial charge in [0.25, 0.3) is 0 Å². The molecule has 2 rings (SSSR count). The van der Waals surface area contributed by atoms with E-state index in [9.17, 15) is 0 Å². The number of benzene rings is 1. The lowest BCUT2D eigenvalue weighted by molar-refractivity contribution is 0.292. The summed E-state index contributed by atoms with van der Waals surface area (Å²) in [6, 6.07) is 3.50. The Kier molecular flexibility index (Phi) is 5.15. The lowest BCUT2D eigenvalue weighted by Gasteiger charge is -2.14. The van der Waals surface area contributed by atoms with Crippen LogP contribution in [0.5, 0.6) is 11.5 Å². The third-order valence-corrected chi connectivity index (χ3v) is 3.46. The first-order valence-corrected chi connectivity index (χ1v) is 7.08. The summed E-state index contributed by atoms with van der Waals surface area (Å²) in [6.07, 6.45) is 4.38. The van der Waals surface area contributed by atoms with Gasteiger partial charge in [0.15, 0.2) is 11.5 Å². The molecule has 0 radical (unpaired) electrons. The van der Waals surface area contributed by atoms with Crippen LogP contribution in [0.15, 0.2) is 24.5 Å². The highest BCUT2D eigenvalue weighted by Gasteiger charge is 2.12. The number of nitrogens with zero attached hydrogens (tertiary/aromatic N) is 2. The summed E-state index contributed by atoms with van der Waals surface area (Å²) >= 11 is 11.9. The second-order valence-electron chi connectivity index (χ2n) is 4.28. The standard InChI is InChI=1S/C14H16Cl2N2O2/c1-18-5-4-17-13(18)3-6-20-14-10(9-15)7-11(16)8-12(14)19-2/h4-5,7-8H,3,6,9H2,1-2H3. The maximum absolute atomic E-state index is 6.01. The largest absolute Gasteiger partial charge is 0.493 e. The minimum absolute atomic E-state index is 0.314. The maximum Gasteiger partial charge on any atom is 0.165 e. The lowest BCUT2D eigenvalue weighted by atomic mass is 10.2. The molecule has 0 fully saturated rings. The van der Waals surface area contributed by atoms with Crippen molar-refractivity contribution in [3.63, 3.8) is 0 Å². The molecule has 0 aliphatic carbocycles. The molecule has 0 saturated heterocycles. The fourth-order valence-electron chi connectivity index (χ4n) is 1.92. The molecule has 4 nitrogen and oxygen atoms in total. The van der Waals surface area contributed by atoms with Crippen molar-refractivity contribution in [1.29, 1.82) is 0 Å². The predicted molar refractivity (Wildman–Crippen MR) is 80.0 cm³/mol. The molecule has 108 valence electrons. The number of rotatable bonds is 6. The SMILES string of the molecule is COc1cc(Cl)cc(CCl)c1OCCc1nccn1C. The van der Waals surface area contributed by atoms with E-state index in [2.05, 4.69) is 4.98 Å². The molecular formula is C14H16Cl2N2O2. The number of alkyl halides is 1. The minimum Gasteiger partial charge on any atom is -0.493 e. The smallest absolute Gasteiger partial charge is 0.165 e. The van der Waals surface area contributed by atoms with Crippen molar-refractivity contribution in [2.75, 3.05) is 13.7 Å². The van der Waals surface area contributed by atoms with E-state index in [-0.39, 0.29) is 0 Å². The second kappa shape index (κ2) is 6.86. The molecule has 1 aromatic carbocycles. The van der Waals surface area contributed by atoms with Gasteiger partial charge in [-0.2, -0.15) is 0 Å². The van der Waals surface area contributed by atoms with Gasteiger partial charge in [-0.25, -0.2) is 4.98 Å². The molecule has 0 bridgehead atoms. The minimum atomic E-state index is 0.314. The molecule has 1 heterocycles. The molecule has 0 saturated carbocycles. The molecule has 0 atom stereocenters. The van der Waals surface area contributed by atoms with Crippen LogP contribution in [0.1, 0.15) is 11.4 Å². The number of aryl methyl sites for hydroxylation is 1. The highest BCUT2D eigenvalue weighted by molar-refractivity contribution is 6.31. The Morgan fingerprint density at radius 1 is 1.35 bits per heavy atom. The first-order chi connectivity index (χ1) is 9.65. The zero-order valence-electron chi connectivity index (χ0n) is 11.4. The number of ether oxygens (including phenoxy) is 2. The Bertz CT molecular complexity index is 559. The summed E-state index contributed by atoms with van der Waals surface area (Å²) in [5.41, 5.74) is 0.816. The van der Waals surface area contributed by atoms with Gasteiger partial charge in [0.2, 0.25) is 0 Å². The monoisotopic (exact) mass is 314 g/mol. The molecule has 1 aromatic heterocycles. The van der Waals surface area contributed by atoms with E-state index >= 15 is 0 Å². The van der Waals surface area contributed by atoms with E-state index in [1.54, 1.807) is 25.4 Å². The molecule has 0 aliphatic rings. The summed E-state index contributed by atoms with van der Waals surface area (Å²) in [7, 11) is 3.53. The van der Waals surface area contributed by atoms with Crippen LogP contribution < -0.4 is 9.47 Å². The summed E-state index contributed by atoms with van der Waals surface area (Å²) in [4.78, 5) is 4.25. The van der Waals surface area contributed by atoms with Gasteiger partial charge in [0, 0.05) is 42.5 Å². The Hall–Kier alpha value is -1.39. The second-order valence-corrected chi connectivity index (χ2v) is 4.99. The summed E-state index contributed by atoms with van der Waals surface area (Å²) < 4.78 is 13.1. The first kappa shape index (κ1) is 15.0. The first-order valence-electron chi connectivity index (χ1n) is 6.17. The Morgan fingerprint density at radius 3 is 2.75 bits per heavy atom. The highest BCUT2D eigenvalue weighted by Crippen LogP contribution is 2.35. The number of imidazole rings is 1. The predicted octanol–water partition coefficient (Wildman–Crippen LogP) is 3.44. The van der Waals surface area contributed by atoms with E-state index in [0.29, 0.717) is 35.4 Å². The van der Waals surface area contributed by atoms with E-state index in [1.165, 1.54) is 0 Å². The van der Waals surface area contributed by atoms with Crippen molar-refractivity contribution in [3.8, 4) is 11.5 Å². The van der Waals surface area contributed by atoms with Gasteiger partial charge in [-0.3, -0.25) is 0 Å². The zero-order chi connectivity index (χ0) is 14.5. The van der Waals surface area contributed by atoms with Crippen LogP contribution in [0.25, 0.3) is 0 Å². The van der Waals surface area contributed by atoms with Crippen LogP contribution in [0, 0.1) is 0 Å². The topological polar surface area (TPSA) is 36.3 Å². The lowest BCUT2D eigenvalue weighted by Crippen LogP contribution is -2.08. The van der Waals surface area contributed by atoms with E-state index < -0.39 is 0 Å². The summed E-state index contributed by atoms with van der Waals surface area (Å²) in [5, 5.41) is 0.578. The molecule has 0 spiro atoms. The van der Waals surface area contributed by atoms with Gasteiger partial charge in [0.1, 0.15) is 5.82 Å². The molecule has 6 heteroatoms. The van der Waals surface area contributed by atoms with Crippen LogP contribution in [-0.2, 0) is 19.3 Å². The van der Waals surface area contributed by atoms with Gasteiger partial charge < -0.3 is 14.0 Å². The average Bonchev–Trinajstić information content (AvgIpc) is 2.85. The van der Waals surface area contributed by atoms with Crippen LogP contribution in [0.3, 0.4) is 0 Å². The van der Waals surface area contributed by atoms with Gasteiger partial charge in [0.05, 0.1) is 19.6 Å². The third-order valence-electron chi connectivity index (χ3n) is 2.95. The van der Waals surface area contributed by atoms with Crippen molar-refractivity contribution in [1.82, 2.24) is 9.55 Å². The fraction of sp³-hybridized carbons (Fsp3) is 0.357. The van der Waals surface area contributed by atoms with Crippen molar-refractivity contribution in [3.05, 3.63) is 40.9 Å². The molecule has 0 N–H and O–H groups in total. The van der Waals surface area contributed by atoms with Crippen LogP contribution in [-0.4, -0.2) is 23.3 Å². The Labute approximate surface area is 128 Å². The van der Waals surface area contributed by atoms with E-state index in [4.69, 9.17) is 32.7 Å².